The van der Waals surface area contributed by atoms with Crippen molar-refractivity contribution in [1.82, 2.24) is 10.2 Å². The summed E-state index contributed by atoms with van der Waals surface area (Å²) in [4.78, 5) is 29.8. The molecule has 0 aliphatic heterocycles. The van der Waals surface area contributed by atoms with Gasteiger partial charge in [-0.05, 0) is 67.3 Å². The molecule has 4 rings (SSSR count). The Hall–Kier alpha value is -3.95. The zero-order valence-electron chi connectivity index (χ0n) is 25.2. The van der Waals surface area contributed by atoms with Gasteiger partial charge >= 0.3 is 0 Å². The Morgan fingerprint density at radius 1 is 0.818 bits per heavy atom. The highest BCUT2D eigenvalue weighted by Gasteiger charge is 2.35. The SMILES string of the molecule is CCCNC(=O)C(Cc1ccccc1)N(Cc1ccc(Br)cc1)C(=O)CN(c1ccccc1C)S(=O)(=O)c1ccc(C)cc1. The molecule has 230 valence electrons. The Morgan fingerprint density at radius 3 is 2.09 bits per heavy atom. The summed E-state index contributed by atoms with van der Waals surface area (Å²) in [6.45, 7) is 5.76. The molecule has 0 aliphatic carbocycles. The van der Waals surface area contributed by atoms with E-state index in [1.54, 1.807) is 36.4 Å². The first-order valence-electron chi connectivity index (χ1n) is 14.6. The molecule has 4 aromatic carbocycles. The van der Waals surface area contributed by atoms with Gasteiger partial charge < -0.3 is 10.2 Å². The number of anilines is 1. The minimum atomic E-state index is -4.14. The molecule has 0 heterocycles. The summed E-state index contributed by atoms with van der Waals surface area (Å²) in [6.07, 6.45) is 1.01. The summed E-state index contributed by atoms with van der Waals surface area (Å²) in [5.41, 5.74) is 3.73. The van der Waals surface area contributed by atoms with Gasteiger partial charge in [0.25, 0.3) is 10.0 Å². The van der Waals surface area contributed by atoms with Crippen molar-refractivity contribution in [3.63, 3.8) is 0 Å². The maximum Gasteiger partial charge on any atom is 0.264 e. The van der Waals surface area contributed by atoms with Gasteiger partial charge in [-0.2, -0.15) is 0 Å². The topological polar surface area (TPSA) is 86.8 Å². The molecule has 0 aromatic heterocycles. The van der Waals surface area contributed by atoms with E-state index >= 15 is 0 Å². The second kappa shape index (κ2) is 15.2. The van der Waals surface area contributed by atoms with Crippen LogP contribution in [-0.4, -0.2) is 44.3 Å². The van der Waals surface area contributed by atoms with Gasteiger partial charge in [-0.3, -0.25) is 13.9 Å². The van der Waals surface area contributed by atoms with Crippen LogP contribution in [0.15, 0.2) is 112 Å². The van der Waals surface area contributed by atoms with Gasteiger partial charge in [-0.25, -0.2) is 8.42 Å². The number of hydrogen-bond acceptors (Lipinski definition) is 4. The molecule has 1 N–H and O–H groups in total. The van der Waals surface area contributed by atoms with Gasteiger partial charge in [0.15, 0.2) is 0 Å². The van der Waals surface area contributed by atoms with Crippen LogP contribution in [0.5, 0.6) is 0 Å². The monoisotopic (exact) mass is 675 g/mol. The maximum atomic E-state index is 14.5. The predicted octanol–water partition coefficient (Wildman–Crippen LogP) is 6.43. The Labute approximate surface area is 269 Å². The average Bonchev–Trinajstić information content (AvgIpc) is 3.02. The molecule has 0 aliphatic rings. The van der Waals surface area contributed by atoms with E-state index in [4.69, 9.17) is 0 Å². The Morgan fingerprint density at radius 2 is 1.45 bits per heavy atom. The Balaban J connectivity index is 1.80. The van der Waals surface area contributed by atoms with E-state index in [1.807, 2.05) is 87.5 Å². The molecule has 0 spiro atoms. The minimum absolute atomic E-state index is 0.0835. The quantitative estimate of drug-likeness (QED) is 0.177. The number of carbonyl (C=O) groups is 2. The lowest BCUT2D eigenvalue weighted by Gasteiger charge is -2.34. The lowest BCUT2D eigenvalue weighted by atomic mass is 10.0. The standard InChI is InChI=1S/C35H38BrN3O4S/c1-4-22-37-35(41)33(23-28-11-6-5-7-12-28)38(24-29-16-18-30(36)19-17-29)34(40)25-39(32-13-9-8-10-27(32)3)44(42,43)31-20-14-26(2)15-21-31/h5-21,33H,4,22-25H2,1-3H3,(H,37,41). The molecule has 1 atom stereocenters. The summed E-state index contributed by atoms with van der Waals surface area (Å²) in [5, 5.41) is 2.97. The molecule has 0 fully saturated rings. The first-order valence-corrected chi connectivity index (χ1v) is 16.8. The van der Waals surface area contributed by atoms with E-state index < -0.39 is 28.5 Å². The lowest BCUT2D eigenvalue weighted by Crippen LogP contribution is -2.53. The molecule has 7 nitrogen and oxygen atoms in total. The van der Waals surface area contributed by atoms with E-state index in [-0.39, 0.29) is 23.8 Å². The van der Waals surface area contributed by atoms with Crippen molar-refractivity contribution < 1.29 is 18.0 Å². The fraction of sp³-hybridized carbons (Fsp3) is 0.257. The number of benzene rings is 4. The van der Waals surface area contributed by atoms with Crippen molar-refractivity contribution in [3.05, 3.63) is 130 Å². The van der Waals surface area contributed by atoms with E-state index in [1.165, 1.54) is 4.90 Å². The Kier molecular flexibility index (Phi) is 11.4. The largest absolute Gasteiger partial charge is 0.354 e. The van der Waals surface area contributed by atoms with Crippen molar-refractivity contribution in [3.8, 4) is 0 Å². The number of carbonyl (C=O) groups excluding carboxylic acids is 2. The third kappa shape index (κ3) is 8.36. The molecular weight excluding hydrogens is 638 g/mol. The highest BCUT2D eigenvalue weighted by molar-refractivity contribution is 9.10. The van der Waals surface area contributed by atoms with Crippen LogP contribution < -0.4 is 9.62 Å². The number of aryl methyl sites for hydroxylation is 2. The van der Waals surface area contributed by atoms with Crippen LogP contribution in [0.25, 0.3) is 0 Å². The first-order chi connectivity index (χ1) is 21.1. The van der Waals surface area contributed by atoms with Crippen LogP contribution in [0.3, 0.4) is 0 Å². The van der Waals surface area contributed by atoms with Crippen molar-refractivity contribution in [2.24, 2.45) is 0 Å². The summed E-state index contributed by atoms with van der Waals surface area (Å²) in [6, 6.07) is 29.8. The molecule has 1 unspecified atom stereocenters. The van der Waals surface area contributed by atoms with Crippen molar-refractivity contribution in [2.45, 2.75) is 51.1 Å². The van der Waals surface area contributed by atoms with Crippen LogP contribution >= 0.6 is 15.9 Å². The molecule has 0 bridgehead atoms. The number of nitrogens with zero attached hydrogens (tertiary/aromatic N) is 2. The zero-order chi connectivity index (χ0) is 31.7. The van der Waals surface area contributed by atoms with E-state index in [9.17, 15) is 18.0 Å². The molecular formula is C35H38BrN3O4S. The second-order valence-electron chi connectivity index (χ2n) is 10.8. The number of para-hydroxylation sites is 1. The van der Waals surface area contributed by atoms with Gasteiger partial charge in [0.2, 0.25) is 11.8 Å². The number of amides is 2. The summed E-state index contributed by atoms with van der Waals surface area (Å²) in [7, 11) is -4.14. The third-order valence-electron chi connectivity index (χ3n) is 7.36. The van der Waals surface area contributed by atoms with Crippen molar-refractivity contribution in [1.29, 1.82) is 0 Å². The summed E-state index contributed by atoms with van der Waals surface area (Å²) < 4.78 is 30.4. The van der Waals surface area contributed by atoms with Gasteiger partial charge in [0, 0.05) is 24.0 Å². The maximum absolute atomic E-state index is 14.5. The smallest absolute Gasteiger partial charge is 0.264 e. The zero-order valence-corrected chi connectivity index (χ0v) is 27.6. The molecule has 2 amide bonds. The highest BCUT2D eigenvalue weighted by atomic mass is 79.9. The number of halogens is 1. The van der Waals surface area contributed by atoms with Gasteiger partial charge in [0.1, 0.15) is 12.6 Å². The number of sulfonamides is 1. The van der Waals surface area contributed by atoms with Crippen molar-refractivity contribution >= 4 is 43.5 Å². The summed E-state index contributed by atoms with van der Waals surface area (Å²) in [5.74, 6) is -0.774. The highest BCUT2D eigenvalue weighted by Crippen LogP contribution is 2.28. The predicted molar refractivity (Wildman–Crippen MR) is 179 cm³/mol. The normalized spacial score (nSPS) is 11.9. The molecule has 0 radical (unpaired) electrons. The first kappa shape index (κ1) is 33.0. The lowest BCUT2D eigenvalue weighted by molar-refractivity contribution is -0.140. The van der Waals surface area contributed by atoms with Crippen LogP contribution in [0.1, 0.15) is 35.6 Å². The summed E-state index contributed by atoms with van der Waals surface area (Å²) >= 11 is 3.46. The fourth-order valence-corrected chi connectivity index (χ4v) is 6.64. The number of rotatable bonds is 13. The Bertz CT molecular complexity index is 1660. The van der Waals surface area contributed by atoms with Crippen LogP contribution in [0.2, 0.25) is 0 Å². The van der Waals surface area contributed by atoms with Crippen LogP contribution in [-0.2, 0) is 32.6 Å². The van der Waals surface area contributed by atoms with E-state index in [2.05, 4.69) is 21.2 Å². The average molecular weight is 677 g/mol. The minimum Gasteiger partial charge on any atom is -0.354 e. The molecule has 44 heavy (non-hydrogen) atoms. The number of hydrogen-bond donors (Lipinski definition) is 1. The van der Waals surface area contributed by atoms with Gasteiger partial charge in [-0.15, -0.1) is 0 Å². The van der Waals surface area contributed by atoms with Gasteiger partial charge in [0.05, 0.1) is 10.6 Å². The van der Waals surface area contributed by atoms with E-state index in [0.717, 1.165) is 31.9 Å². The third-order valence-corrected chi connectivity index (χ3v) is 9.66. The second-order valence-corrected chi connectivity index (χ2v) is 13.5. The van der Waals surface area contributed by atoms with Crippen molar-refractivity contribution in [2.75, 3.05) is 17.4 Å². The molecule has 0 saturated carbocycles. The fourth-order valence-electron chi connectivity index (χ4n) is 4.90. The molecule has 0 saturated heterocycles. The molecule has 4 aromatic rings. The van der Waals surface area contributed by atoms with Gasteiger partial charge in [-0.1, -0.05) is 101 Å². The van der Waals surface area contributed by atoms with Crippen LogP contribution in [0.4, 0.5) is 5.69 Å². The van der Waals surface area contributed by atoms with Crippen LogP contribution in [0, 0.1) is 13.8 Å². The number of nitrogens with one attached hydrogen (secondary N) is 1. The molecule has 9 heteroatoms. The van der Waals surface area contributed by atoms with E-state index in [0.29, 0.717) is 17.8 Å².